The molecule has 1 aromatic carbocycles. The van der Waals surface area contributed by atoms with E-state index in [1.165, 1.54) is 17.3 Å². The number of hydrogen-bond donors (Lipinski definition) is 1. The zero-order valence-electron chi connectivity index (χ0n) is 10.2. The van der Waals surface area contributed by atoms with Gasteiger partial charge in [-0.3, -0.25) is 10.2 Å². The SMILES string of the molecule is Cc1ccccc1O[C@H](C)C(=O)Nn1cnnc1. The van der Waals surface area contributed by atoms with Crippen LogP contribution in [0.15, 0.2) is 36.9 Å². The monoisotopic (exact) mass is 246 g/mol. The molecule has 0 saturated heterocycles. The van der Waals surface area contributed by atoms with Gasteiger partial charge in [0.1, 0.15) is 18.4 Å². The van der Waals surface area contributed by atoms with Gasteiger partial charge in [0.05, 0.1) is 0 Å². The van der Waals surface area contributed by atoms with Crippen LogP contribution in [0.2, 0.25) is 0 Å². The van der Waals surface area contributed by atoms with Crippen LogP contribution in [0.3, 0.4) is 0 Å². The molecular weight excluding hydrogens is 232 g/mol. The molecule has 0 radical (unpaired) electrons. The molecule has 0 spiro atoms. The molecule has 1 aromatic heterocycles. The average molecular weight is 246 g/mol. The summed E-state index contributed by atoms with van der Waals surface area (Å²) in [5, 5.41) is 7.18. The molecule has 1 N–H and O–H groups in total. The summed E-state index contributed by atoms with van der Waals surface area (Å²) in [7, 11) is 0. The molecule has 1 amide bonds. The highest BCUT2D eigenvalue weighted by Crippen LogP contribution is 2.17. The third-order valence-corrected chi connectivity index (χ3v) is 2.42. The molecule has 2 rings (SSSR count). The van der Waals surface area contributed by atoms with Gasteiger partial charge in [-0.15, -0.1) is 10.2 Å². The van der Waals surface area contributed by atoms with Crippen LogP contribution in [0.25, 0.3) is 0 Å². The van der Waals surface area contributed by atoms with E-state index in [2.05, 4.69) is 15.6 Å². The first-order chi connectivity index (χ1) is 8.66. The summed E-state index contributed by atoms with van der Waals surface area (Å²) in [5.74, 6) is 0.432. The van der Waals surface area contributed by atoms with Crippen LogP contribution < -0.4 is 10.2 Å². The quantitative estimate of drug-likeness (QED) is 0.877. The number of benzene rings is 1. The van der Waals surface area contributed by atoms with E-state index in [9.17, 15) is 4.79 Å². The molecule has 94 valence electrons. The number of hydrogen-bond acceptors (Lipinski definition) is 4. The lowest BCUT2D eigenvalue weighted by Crippen LogP contribution is -2.34. The van der Waals surface area contributed by atoms with Gasteiger partial charge in [0.15, 0.2) is 6.10 Å². The highest BCUT2D eigenvalue weighted by molar-refractivity contribution is 5.87. The van der Waals surface area contributed by atoms with Crippen LogP contribution in [0.1, 0.15) is 12.5 Å². The van der Waals surface area contributed by atoms with E-state index >= 15 is 0 Å². The summed E-state index contributed by atoms with van der Waals surface area (Å²) >= 11 is 0. The lowest BCUT2D eigenvalue weighted by molar-refractivity contribution is -0.123. The number of nitrogens with one attached hydrogen (secondary N) is 1. The first-order valence-corrected chi connectivity index (χ1v) is 5.54. The minimum atomic E-state index is -0.603. The summed E-state index contributed by atoms with van der Waals surface area (Å²) in [6.45, 7) is 3.62. The van der Waals surface area contributed by atoms with Crippen molar-refractivity contribution in [3.63, 3.8) is 0 Å². The van der Waals surface area contributed by atoms with Crippen LogP contribution >= 0.6 is 0 Å². The zero-order chi connectivity index (χ0) is 13.0. The zero-order valence-corrected chi connectivity index (χ0v) is 10.2. The van der Waals surface area contributed by atoms with Gasteiger partial charge in [-0.2, -0.15) is 0 Å². The molecule has 18 heavy (non-hydrogen) atoms. The number of amides is 1. The summed E-state index contributed by atoms with van der Waals surface area (Å²) in [4.78, 5) is 11.8. The van der Waals surface area contributed by atoms with E-state index in [-0.39, 0.29) is 5.91 Å². The van der Waals surface area contributed by atoms with Gasteiger partial charge in [0.2, 0.25) is 0 Å². The third kappa shape index (κ3) is 2.85. The Balaban J connectivity index is 1.97. The Kier molecular flexibility index (Phi) is 3.57. The number of carbonyl (C=O) groups excluding carboxylic acids is 1. The van der Waals surface area contributed by atoms with Crippen molar-refractivity contribution >= 4 is 5.91 Å². The molecule has 6 nitrogen and oxygen atoms in total. The summed E-state index contributed by atoms with van der Waals surface area (Å²) in [6.07, 6.45) is 2.20. The molecule has 6 heteroatoms. The van der Waals surface area contributed by atoms with Gasteiger partial charge in [0.25, 0.3) is 5.91 Å². The van der Waals surface area contributed by atoms with Gasteiger partial charge in [-0.05, 0) is 25.5 Å². The Morgan fingerprint density at radius 3 is 2.67 bits per heavy atom. The van der Waals surface area contributed by atoms with Crippen molar-refractivity contribution in [2.24, 2.45) is 0 Å². The maximum absolute atomic E-state index is 11.8. The van der Waals surface area contributed by atoms with Crippen LogP contribution in [0.4, 0.5) is 0 Å². The second kappa shape index (κ2) is 5.31. The van der Waals surface area contributed by atoms with Gasteiger partial charge in [0, 0.05) is 0 Å². The minimum Gasteiger partial charge on any atom is -0.481 e. The number of ether oxygens (including phenoxy) is 1. The summed E-state index contributed by atoms with van der Waals surface area (Å²) in [6, 6.07) is 7.55. The number of nitrogens with zero attached hydrogens (tertiary/aromatic N) is 3. The lowest BCUT2D eigenvalue weighted by Gasteiger charge is -2.15. The molecule has 0 aliphatic heterocycles. The normalized spacial score (nSPS) is 11.9. The molecule has 0 aliphatic carbocycles. The molecule has 0 aliphatic rings. The number of aromatic nitrogens is 3. The molecular formula is C12H14N4O2. The first kappa shape index (κ1) is 12.1. The Bertz CT molecular complexity index is 525. The minimum absolute atomic E-state index is 0.266. The van der Waals surface area contributed by atoms with Crippen LogP contribution in [0, 0.1) is 6.92 Å². The van der Waals surface area contributed by atoms with Crippen molar-refractivity contribution in [1.82, 2.24) is 14.9 Å². The van der Waals surface area contributed by atoms with Gasteiger partial charge in [-0.1, -0.05) is 18.2 Å². The summed E-state index contributed by atoms with van der Waals surface area (Å²) in [5.41, 5.74) is 3.58. The predicted molar refractivity (Wildman–Crippen MR) is 65.7 cm³/mol. The molecule has 1 atom stereocenters. The summed E-state index contributed by atoms with van der Waals surface area (Å²) < 4.78 is 6.96. The maximum atomic E-state index is 11.8. The number of rotatable bonds is 4. The van der Waals surface area contributed by atoms with E-state index in [0.717, 1.165) is 5.56 Å². The molecule has 1 heterocycles. The largest absolute Gasteiger partial charge is 0.481 e. The Labute approximate surface area is 105 Å². The van der Waals surface area contributed by atoms with Crippen molar-refractivity contribution in [3.05, 3.63) is 42.5 Å². The molecule has 0 fully saturated rings. The first-order valence-electron chi connectivity index (χ1n) is 5.54. The Morgan fingerprint density at radius 1 is 1.33 bits per heavy atom. The van der Waals surface area contributed by atoms with E-state index in [1.807, 2.05) is 31.2 Å². The van der Waals surface area contributed by atoms with Gasteiger partial charge in [-0.25, -0.2) is 4.68 Å². The average Bonchev–Trinajstić information content (AvgIpc) is 2.84. The van der Waals surface area contributed by atoms with Crippen molar-refractivity contribution in [2.45, 2.75) is 20.0 Å². The van der Waals surface area contributed by atoms with Gasteiger partial charge < -0.3 is 4.74 Å². The molecule has 0 saturated carbocycles. The highest BCUT2D eigenvalue weighted by atomic mass is 16.5. The van der Waals surface area contributed by atoms with Gasteiger partial charge >= 0.3 is 0 Å². The fourth-order valence-electron chi connectivity index (χ4n) is 1.41. The Morgan fingerprint density at radius 2 is 2.00 bits per heavy atom. The second-order valence-electron chi connectivity index (χ2n) is 3.87. The lowest BCUT2D eigenvalue weighted by atomic mass is 10.2. The molecule has 0 bridgehead atoms. The number of carbonyl (C=O) groups is 1. The van der Waals surface area contributed by atoms with Crippen LogP contribution in [-0.4, -0.2) is 26.9 Å². The molecule has 2 aromatic rings. The van der Waals surface area contributed by atoms with Crippen LogP contribution in [-0.2, 0) is 4.79 Å². The standard InChI is InChI=1S/C12H14N4O2/c1-9-5-3-4-6-11(9)18-10(2)12(17)15-16-7-13-14-8-16/h3-8,10H,1-2H3,(H,15,17)/t10-/m1/s1. The van der Waals surface area contributed by atoms with Crippen molar-refractivity contribution in [3.8, 4) is 5.75 Å². The molecule has 0 unspecified atom stereocenters. The van der Waals surface area contributed by atoms with E-state index < -0.39 is 6.10 Å². The fourth-order valence-corrected chi connectivity index (χ4v) is 1.41. The van der Waals surface area contributed by atoms with Crippen molar-refractivity contribution in [2.75, 3.05) is 5.43 Å². The smallest absolute Gasteiger partial charge is 0.279 e. The Hall–Kier alpha value is -2.37. The van der Waals surface area contributed by atoms with E-state index in [4.69, 9.17) is 4.74 Å². The van der Waals surface area contributed by atoms with Crippen molar-refractivity contribution < 1.29 is 9.53 Å². The number of para-hydroxylation sites is 1. The maximum Gasteiger partial charge on any atom is 0.279 e. The van der Waals surface area contributed by atoms with Crippen molar-refractivity contribution in [1.29, 1.82) is 0 Å². The predicted octanol–water partition coefficient (Wildman–Crippen LogP) is 1.12. The third-order valence-electron chi connectivity index (χ3n) is 2.42. The van der Waals surface area contributed by atoms with E-state index in [1.54, 1.807) is 6.92 Å². The highest BCUT2D eigenvalue weighted by Gasteiger charge is 2.15. The second-order valence-corrected chi connectivity index (χ2v) is 3.87. The number of aryl methyl sites for hydroxylation is 1. The topological polar surface area (TPSA) is 69.0 Å². The van der Waals surface area contributed by atoms with E-state index in [0.29, 0.717) is 5.75 Å². The fraction of sp³-hybridized carbons (Fsp3) is 0.250. The van der Waals surface area contributed by atoms with Crippen LogP contribution in [0.5, 0.6) is 5.75 Å².